The summed E-state index contributed by atoms with van der Waals surface area (Å²) in [6.07, 6.45) is 5.28. The van der Waals surface area contributed by atoms with Crippen LogP contribution < -0.4 is 16.4 Å². The highest BCUT2D eigenvalue weighted by Gasteiger charge is 2.52. The molecule has 0 saturated carbocycles. The van der Waals surface area contributed by atoms with Crippen LogP contribution in [-0.2, 0) is 22.6 Å². The Kier molecular flexibility index (Phi) is 7.42. The maximum atomic E-state index is 14.1. The molecule has 1 unspecified atom stereocenters. The van der Waals surface area contributed by atoms with Crippen LogP contribution in [0.5, 0.6) is 0 Å². The van der Waals surface area contributed by atoms with Gasteiger partial charge in [0.05, 0.1) is 25.3 Å². The number of hydrogen-bond acceptors (Lipinski definition) is 10. The van der Waals surface area contributed by atoms with Gasteiger partial charge in [0.25, 0.3) is 0 Å². The number of H-pyrrole nitrogens is 1. The molecule has 42 heavy (non-hydrogen) atoms. The van der Waals surface area contributed by atoms with Crippen molar-refractivity contribution >= 4 is 35.3 Å². The second-order valence-corrected chi connectivity index (χ2v) is 11.2. The largest absolute Gasteiger partial charge is 0.360 e. The lowest BCUT2D eigenvalue weighted by molar-refractivity contribution is -0.157. The highest BCUT2D eigenvalue weighted by Crippen LogP contribution is 2.40. The monoisotopic (exact) mass is 587 g/mol. The van der Waals surface area contributed by atoms with E-state index in [1.165, 1.54) is 23.8 Å². The van der Waals surface area contributed by atoms with Crippen molar-refractivity contribution in [2.75, 3.05) is 32.0 Å². The Bertz CT molecular complexity index is 1540. The Hall–Kier alpha value is -4.65. The average Bonchev–Trinajstić information content (AvgIpc) is 3.73. The number of nitrogens with one attached hydrogen (secondary N) is 3. The number of carbonyl (C=O) groups is 3. The number of hydrazine groups is 1. The average molecular weight is 588 g/mol. The highest BCUT2D eigenvalue weighted by molar-refractivity contribution is 8.00. The molecule has 1 aromatic heterocycles. The topological polar surface area (TPSA) is 169 Å². The van der Waals surface area contributed by atoms with Crippen LogP contribution in [-0.4, -0.2) is 103 Å². The molecule has 4 heterocycles. The van der Waals surface area contributed by atoms with Gasteiger partial charge in [-0.05, 0) is 27.6 Å². The zero-order valence-corrected chi connectivity index (χ0v) is 23.5. The van der Waals surface area contributed by atoms with Gasteiger partial charge in [-0.3, -0.25) is 9.59 Å². The molecule has 2 saturated heterocycles. The van der Waals surface area contributed by atoms with E-state index in [0.717, 1.165) is 27.3 Å². The molecule has 5 N–H and O–H groups in total. The number of urea groups is 1. The fourth-order valence-electron chi connectivity index (χ4n) is 5.67. The van der Waals surface area contributed by atoms with Gasteiger partial charge in [0, 0.05) is 30.5 Å². The van der Waals surface area contributed by atoms with E-state index < -0.39 is 18.2 Å². The highest BCUT2D eigenvalue weighted by atomic mass is 32.2. The molecule has 6 rings (SSSR count). The number of anilines is 1. The van der Waals surface area contributed by atoms with Crippen molar-refractivity contribution < 1.29 is 14.4 Å². The van der Waals surface area contributed by atoms with Crippen LogP contribution in [0.4, 0.5) is 10.5 Å². The molecule has 14 nitrogen and oxygen atoms in total. The zero-order chi connectivity index (χ0) is 29.4. The number of nitrogens with two attached hydrogens (primary N) is 1. The van der Waals surface area contributed by atoms with Gasteiger partial charge in [0.15, 0.2) is 5.82 Å². The maximum absolute atomic E-state index is 14.1. The molecule has 2 aromatic carbocycles. The van der Waals surface area contributed by atoms with E-state index in [4.69, 9.17) is 12.2 Å². The summed E-state index contributed by atoms with van der Waals surface area (Å²) in [5.74, 6) is 2.60. The molecule has 0 aliphatic carbocycles. The Labute approximate surface area is 245 Å². The summed E-state index contributed by atoms with van der Waals surface area (Å²) in [7, 11) is 1.51. The van der Waals surface area contributed by atoms with E-state index >= 15 is 0 Å². The maximum Gasteiger partial charge on any atom is 0.332 e. The number of terminal acetylenes is 1. The van der Waals surface area contributed by atoms with E-state index in [-0.39, 0.29) is 43.4 Å². The zero-order valence-electron chi connectivity index (χ0n) is 22.7. The number of tetrazole rings is 1. The molecule has 3 aromatic rings. The molecule has 0 bridgehead atoms. The number of hydrogen-bond donors (Lipinski definition) is 4. The van der Waals surface area contributed by atoms with Crippen molar-refractivity contribution in [3.63, 3.8) is 0 Å². The minimum absolute atomic E-state index is 0.0287. The van der Waals surface area contributed by atoms with Crippen LogP contribution in [0, 0.1) is 12.3 Å². The van der Waals surface area contributed by atoms with Crippen molar-refractivity contribution in [1.29, 1.82) is 0 Å². The third-order valence-electron chi connectivity index (χ3n) is 7.58. The molecule has 3 atom stereocenters. The number of carbonyl (C=O) groups excluding carboxylic acids is 3. The van der Waals surface area contributed by atoms with E-state index in [0.29, 0.717) is 12.4 Å². The summed E-state index contributed by atoms with van der Waals surface area (Å²) >= 11 is 1.52. The molecule has 2 fully saturated rings. The first-order chi connectivity index (χ1) is 20.4. The van der Waals surface area contributed by atoms with Crippen LogP contribution in [0.1, 0.15) is 11.1 Å². The third kappa shape index (κ3) is 5.00. The van der Waals surface area contributed by atoms with E-state index in [1.807, 2.05) is 42.5 Å². The Morgan fingerprint density at radius 1 is 1.26 bits per heavy atom. The molecule has 15 heteroatoms. The number of rotatable bonds is 7. The third-order valence-corrected chi connectivity index (χ3v) is 8.55. The minimum Gasteiger partial charge on any atom is -0.360 e. The number of para-hydroxylation sites is 1. The van der Waals surface area contributed by atoms with E-state index in [2.05, 4.69) is 37.2 Å². The molecular formula is C27H29N11O3S. The molecule has 3 aliphatic heterocycles. The van der Waals surface area contributed by atoms with Crippen molar-refractivity contribution in [2.45, 2.75) is 35.6 Å². The SMILES string of the molecule is C#CCN(C(=O)NC)N1CC(=O)N2[C@@H](Cc3ccc(-c4nnn[nH]4)cc3)C(=O)N(Cc3cccc4c3NC(N)S4)C[C@@H]21. The lowest BCUT2D eigenvalue weighted by Crippen LogP contribution is -2.66. The summed E-state index contributed by atoms with van der Waals surface area (Å²) in [4.78, 5) is 44.8. The summed E-state index contributed by atoms with van der Waals surface area (Å²) in [5.41, 5.74) is 9.31. The van der Waals surface area contributed by atoms with Crippen LogP contribution >= 0.6 is 11.8 Å². The predicted octanol–water partition coefficient (Wildman–Crippen LogP) is 0.240. The van der Waals surface area contributed by atoms with Gasteiger partial charge >= 0.3 is 6.03 Å². The standard InChI is InChI=1S/C27H29N11O3S/c1-3-11-36(27(41)29-2)37-15-22(39)38-19(12-16-7-9-17(10-8-16)24-31-33-34-32-24)25(40)35(14-21(37)38)13-18-5-4-6-20-23(18)30-26(28)42-20/h1,4-10,19,21,26,30H,11-15,28H2,2H3,(H,29,41)(H,31,32,33,34)/t19-,21+,26?/m0/s1. The number of amides is 4. The molecule has 0 radical (unpaired) electrons. The van der Waals surface area contributed by atoms with Crippen LogP contribution in [0.25, 0.3) is 11.4 Å². The Morgan fingerprint density at radius 2 is 2.07 bits per heavy atom. The van der Waals surface area contributed by atoms with Gasteiger partial charge in [0.2, 0.25) is 11.8 Å². The van der Waals surface area contributed by atoms with Gasteiger partial charge in [-0.15, -0.1) is 11.5 Å². The van der Waals surface area contributed by atoms with Gasteiger partial charge in [-0.1, -0.05) is 54.1 Å². The number of aromatic nitrogens is 4. The Balaban J connectivity index is 1.33. The lowest BCUT2D eigenvalue weighted by Gasteiger charge is -2.46. The number of fused-ring (bicyclic) bond motifs is 2. The first-order valence-electron chi connectivity index (χ1n) is 13.3. The molecular weight excluding hydrogens is 558 g/mol. The van der Waals surface area contributed by atoms with Gasteiger partial charge < -0.3 is 26.2 Å². The fourth-order valence-corrected chi connectivity index (χ4v) is 6.59. The van der Waals surface area contributed by atoms with Crippen molar-refractivity contribution in [3.05, 3.63) is 53.6 Å². The molecule has 0 spiro atoms. The van der Waals surface area contributed by atoms with E-state index in [1.54, 1.807) is 14.8 Å². The smallest absolute Gasteiger partial charge is 0.332 e. The molecule has 4 amide bonds. The number of piperazine rings is 1. The number of nitrogens with zero attached hydrogens (tertiary/aromatic N) is 7. The van der Waals surface area contributed by atoms with Crippen molar-refractivity contribution in [1.82, 2.24) is 45.8 Å². The number of benzene rings is 2. The van der Waals surface area contributed by atoms with Crippen LogP contribution in [0.15, 0.2) is 47.4 Å². The second-order valence-electron chi connectivity index (χ2n) is 10.1. The van der Waals surface area contributed by atoms with Crippen LogP contribution in [0.3, 0.4) is 0 Å². The van der Waals surface area contributed by atoms with Gasteiger partial charge in [-0.2, -0.15) is 5.01 Å². The minimum atomic E-state index is -0.794. The van der Waals surface area contributed by atoms with Crippen LogP contribution in [0.2, 0.25) is 0 Å². The predicted molar refractivity (Wildman–Crippen MR) is 154 cm³/mol. The number of thioether (sulfide) groups is 1. The lowest BCUT2D eigenvalue weighted by atomic mass is 9.99. The second kappa shape index (κ2) is 11.3. The fraction of sp³-hybridized carbons (Fsp3) is 0.333. The number of aromatic amines is 1. The Morgan fingerprint density at radius 3 is 2.79 bits per heavy atom. The molecule has 216 valence electrons. The summed E-state index contributed by atoms with van der Waals surface area (Å²) in [6.45, 7) is 0.388. The first kappa shape index (κ1) is 27.5. The van der Waals surface area contributed by atoms with Gasteiger partial charge in [0.1, 0.15) is 17.7 Å². The summed E-state index contributed by atoms with van der Waals surface area (Å²) in [6, 6.07) is 12.2. The van der Waals surface area contributed by atoms with Gasteiger partial charge in [-0.25, -0.2) is 14.9 Å². The quantitative estimate of drug-likeness (QED) is 0.281. The summed E-state index contributed by atoms with van der Waals surface area (Å²) in [5, 5.41) is 22.8. The first-order valence-corrected chi connectivity index (χ1v) is 14.2. The van der Waals surface area contributed by atoms with Crippen molar-refractivity contribution in [3.8, 4) is 23.7 Å². The summed E-state index contributed by atoms with van der Waals surface area (Å²) < 4.78 is 0. The van der Waals surface area contributed by atoms with Crippen molar-refractivity contribution in [2.24, 2.45) is 5.73 Å². The normalized spacial score (nSPS) is 21.5. The molecule has 3 aliphatic rings. The van der Waals surface area contributed by atoms with E-state index in [9.17, 15) is 14.4 Å².